The van der Waals surface area contributed by atoms with E-state index in [1.165, 1.54) is 31.3 Å². The highest BCUT2D eigenvalue weighted by Gasteiger charge is 2.21. The first kappa shape index (κ1) is 15.5. The van der Waals surface area contributed by atoms with Crippen molar-refractivity contribution < 1.29 is 12.8 Å². The zero-order chi connectivity index (χ0) is 15.5. The van der Waals surface area contributed by atoms with Gasteiger partial charge in [-0.3, -0.25) is 4.31 Å². The summed E-state index contributed by atoms with van der Waals surface area (Å²) >= 11 is 0. The predicted octanol–water partition coefficient (Wildman–Crippen LogP) is 2.15. The van der Waals surface area contributed by atoms with E-state index in [9.17, 15) is 12.8 Å². The van der Waals surface area contributed by atoms with Gasteiger partial charge in [-0.15, -0.1) is 0 Å². The van der Waals surface area contributed by atoms with Crippen LogP contribution in [-0.2, 0) is 16.4 Å². The Bertz CT molecular complexity index is 697. The smallest absolute Gasteiger partial charge is 0.264 e. The maximum Gasteiger partial charge on any atom is 0.264 e. The lowest BCUT2D eigenvalue weighted by Gasteiger charge is -2.19. The van der Waals surface area contributed by atoms with Crippen LogP contribution in [-0.4, -0.2) is 22.0 Å². The molecule has 0 amide bonds. The third-order valence-corrected chi connectivity index (χ3v) is 5.00. The molecule has 0 bridgehead atoms. The number of nitrogens with zero attached hydrogens (tertiary/aromatic N) is 1. The molecular formula is C15H17FN2O2S. The molecule has 0 unspecified atom stereocenters. The van der Waals surface area contributed by atoms with Crippen LogP contribution in [0.3, 0.4) is 0 Å². The highest BCUT2D eigenvalue weighted by Crippen LogP contribution is 2.22. The fourth-order valence-electron chi connectivity index (χ4n) is 1.94. The second kappa shape index (κ2) is 6.24. The van der Waals surface area contributed by atoms with Crippen LogP contribution in [0.4, 0.5) is 10.1 Å². The van der Waals surface area contributed by atoms with Gasteiger partial charge in [-0.2, -0.15) is 0 Å². The summed E-state index contributed by atoms with van der Waals surface area (Å²) in [5.41, 5.74) is 6.86. The van der Waals surface area contributed by atoms with Crippen LogP contribution in [0.1, 0.15) is 5.56 Å². The molecule has 0 aliphatic heterocycles. The zero-order valence-corrected chi connectivity index (χ0v) is 12.5. The Kier molecular flexibility index (Phi) is 4.59. The van der Waals surface area contributed by atoms with E-state index in [0.717, 1.165) is 9.87 Å². The number of benzene rings is 2. The van der Waals surface area contributed by atoms with Gasteiger partial charge in [0.15, 0.2) is 0 Å². The van der Waals surface area contributed by atoms with E-state index in [1.54, 1.807) is 24.3 Å². The number of anilines is 1. The Morgan fingerprint density at radius 2 is 1.62 bits per heavy atom. The van der Waals surface area contributed by atoms with Crippen molar-refractivity contribution in [3.63, 3.8) is 0 Å². The Balaban J connectivity index is 2.30. The van der Waals surface area contributed by atoms with E-state index >= 15 is 0 Å². The van der Waals surface area contributed by atoms with Crippen molar-refractivity contribution >= 4 is 15.7 Å². The fourth-order valence-corrected chi connectivity index (χ4v) is 3.14. The molecule has 0 fully saturated rings. The highest BCUT2D eigenvalue weighted by atomic mass is 32.2. The first-order valence-corrected chi connectivity index (χ1v) is 7.92. The first-order valence-electron chi connectivity index (χ1n) is 6.48. The van der Waals surface area contributed by atoms with E-state index in [4.69, 9.17) is 5.73 Å². The topological polar surface area (TPSA) is 63.4 Å². The van der Waals surface area contributed by atoms with E-state index < -0.39 is 15.8 Å². The molecule has 0 aliphatic rings. The Morgan fingerprint density at radius 3 is 2.14 bits per heavy atom. The lowest BCUT2D eigenvalue weighted by molar-refractivity contribution is 0.594. The van der Waals surface area contributed by atoms with Crippen molar-refractivity contribution in [1.82, 2.24) is 0 Å². The minimum atomic E-state index is -3.66. The van der Waals surface area contributed by atoms with Gasteiger partial charge < -0.3 is 5.73 Å². The summed E-state index contributed by atoms with van der Waals surface area (Å²) in [6, 6.07) is 11.9. The average Bonchev–Trinajstić information content (AvgIpc) is 2.48. The Labute approximate surface area is 124 Å². The third-order valence-electron chi connectivity index (χ3n) is 3.20. The molecule has 2 aromatic carbocycles. The van der Waals surface area contributed by atoms with Crippen molar-refractivity contribution in [3.8, 4) is 0 Å². The van der Waals surface area contributed by atoms with E-state index in [1.807, 2.05) is 0 Å². The molecule has 2 aromatic rings. The maximum absolute atomic E-state index is 12.9. The van der Waals surface area contributed by atoms with Crippen molar-refractivity contribution in [1.29, 1.82) is 0 Å². The average molecular weight is 308 g/mol. The zero-order valence-electron chi connectivity index (χ0n) is 11.7. The number of nitrogens with two attached hydrogens (primary N) is 1. The number of sulfonamides is 1. The van der Waals surface area contributed by atoms with Crippen molar-refractivity contribution in [2.75, 3.05) is 17.9 Å². The standard InChI is InChI=1S/C15H17FN2O2S/c1-18(14-6-4-13(16)5-7-14)21(19,20)15-8-2-12(3-9-15)10-11-17/h2-9H,10-11,17H2,1H3. The van der Waals surface area contributed by atoms with E-state index in [2.05, 4.69) is 0 Å². The number of rotatable bonds is 5. The third kappa shape index (κ3) is 3.40. The number of hydrogen-bond acceptors (Lipinski definition) is 3. The fraction of sp³-hybridized carbons (Fsp3) is 0.200. The molecule has 0 spiro atoms. The largest absolute Gasteiger partial charge is 0.330 e. The second-order valence-electron chi connectivity index (χ2n) is 4.63. The Morgan fingerprint density at radius 1 is 1.05 bits per heavy atom. The molecule has 112 valence electrons. The molecule has 0 aromatic heterocycles. The van der Waals surface area contributed by atoms with Gasteiger partial charge in [-0.1, -0.05) is 12.1 Å². The molecule has 4 nitrogen and oxygen atoms in total. The van der Waals surface area contributed by atoms with Crippen molar-refractivity contribution in [2.45, 2.75) is 11.3 Å². The molecule has 6 heteroatoms. The highest BCUT2D eigenvalue weighted by molar-refractivity contribution is 7.92. The minimum absolute atomic E-state index is 0.190. The summed E-state index contributed by atoms with van der Waals surface area (Å²) in [4.78, 5) is 0.190. The monoisotopic (exact) mass is 308 g/mol. The van der Waals surface area contributed by atoms with Crippen LogP contribution in [0, 0.1) is 5.82 Å². The first-order chi connectivity index (χ1) is 9.95. The summed E-state index contributed by atoms with van der Waals surface area (Å²) in [6.45, 7) is 0.515. The second-order valence-corrected chi connectivity index (χ2v) is 6.60. The van der Waals surface area contributed by atoms with Gasteiger partial charge in [-0.25, -0.2) is 12.8 Å². The number of hydrogen-bond donors (Lipinski definition) is 1. The van der Waals surface area contributed by atoms with Gasteiger partial charge in [0.1, 0.15) is 5.82 Å². The van der Waals surface area contributed by atoms with Gasteiger partial charge in [0.05, 0.1) is 10.6 Å². The van der Waals surface area contributed by atoms with Crippen LogP contribution < -0.4 is 10.0 Å². The molecule has 2 rings (SSSR count). The normalized spacial score (nSPS) is 11.4. The molecule has 0 saturated carbocycles. The van der Waals surface area contributed by atoms with Gasteiger partial charge in [0, 0.05) is 7.05 Å². The lowest BCUT2D eigenvalue weighted by atomic mass is 10.2. The molecule has 0 heterocycles. The van der Waals surface area contributed by atoms with Crippen LogP contribution >= 0.6 is 0 Å². The van der Waals surface area contributed by atoms with Crippen LogP contribution in [0.5, 0.6) is 0 Å². The summed E-state index contributed by atoms with van der Waals surface area (Å²) < 4.78 is 39.0. The number of halogens is 1. The molecular weight excluding hydrogens is 291 g/mol. The van der Waals surface area contributed by atoms with Crippen molar-refractivity contribution in [3.05, 3.63) is 59.9 Å². The van der Waals surface area contributed by atoms with Gasteiger partial charge >= 0.3 is 0 Å². The summed E-state index contributed by atoms with van der Waals surface area (Å²) in [5.74, 6) is -0.407. The van der Waals surface area contributed by atoms with Crippen LogP contribution in [0.15, 0.2) is 53.4 Å². The quantitative estimate of drug-likeness (QED) is 0.920. The van der Waals surface area contributed by atoms with Crippen LogP contribution in [0.25, 0.3) is 0 Å². The van der Waals surface area contributed by atoms with Gasteiger partial charge in [0.25, 0.3) is 10.0 Å². The molecule has 2 N–H and O–H groups in total. The molecule has 0 radical (unpaired) electrons. The van der Waals surface area contributed by atoms with Gasteiger partial charge in [-0.05, 0) is 54.9 Å². The summed E-state index contributed by atoms with van der Waals surface area (Å²) in [6.07, 6.45) is 0.703. The summed E-state index contributed by atoms with van der Waals surface area (Å²) in [7, 11) is -2.22. The molecule has 21 heavy (non-hydrogen) atoms. The summed E-state index contributed by atoms with van der Waals surface area (Å²) in [5, 5.41) is 0. The molecule has 0 saturated heterocycles. The Hall–Kier alpha value is -1.92. The molecule has 0 atom stereocenters. The lowest BCUT2D eigenvalue weighted by Crippen LogP contribution is -2.26. The SMILES string of the molecule is CN(c1ccc(F)cc1)S(=O)(=O)c1ccc(CCN)cc1. The van der Waals surface area contributed by atoms with Gasteiger partial charge in [0.2, 0.25) is 0 Å². The minimum Gasteiger partial charge on any atom is -0.330 e. The van der Waals surface area contributed by atoms with E-state index in [-0.39, 0.29) is 4.90 Å². The maximum atomic E-state index is 12.9. The van der Waals surface area contributed by atoms with Crippen LogP contribution in [0.2, 0.25) is 0 Å². The van der Waals surface area contributed by atoms with E-state index in [0.29, 0.717) is 18.7 Å². The van der Waals surface area contributed by atoms with Crippen molar-refractivity contribution in [2.24, 2.45) is 5.73 Å². The predicted molar refractivity (Wildman–Crippen MR) is 81.2 cm³/mol. The molecule has 0 aliphatic carbocycles.